The lowest BCUT2D eigenvalue weighted by Crippen LogP contribution is -2.39. The molecule has 0 aliphatic carbocycles. The molecule has 0 spiro atoms. The third kappa shape index (κ3) is 3.85. The Kier molecular flexibility index (Phi) is 5.28. The molecule has 1 aliphatic rings. The normalized spacial score (nSPS) is 18.1. The van der Waals surface area contributed by atoms with Gasteiger partial charge in [0, 0.05) is 36.6 Å². The number of aromatic nitrogens is 4. The molecule has 1 saturated heterocycles. The number of anilines is 1. The number of sulfonamides is 1. The monoisotopic (exact) mass is 432 g/mol. The van der Waals surface area contributed by atoms with Crippen LogP contribution < -0.4 is 5.73 Å². The highest BCUT2D eigenvalue weighted by atomic mass is 35.5. The van der Waals surface area contributed by atoms with E-state index in [4.69, 9.17) is 17.3 Å². The molecule has 0 unspecified atom stereocenters. The van der Waals surface area contributed by atoms with Crippen molar-refractivity contribution in [3.05, 3.63) is 53.7 Å². The molecule has 1 fully saturated rings. The fourth-order valence-corrected chi connectivity index (χ4v) is 5.38. The molecule has 1 aromatic carbocycles. The van der Waals surface area contributed by atoms with E-state index in [0.717, 1.165) is 24.0 Å². The smallest absolute Gasteiger partial charge is 0.262 e. The molecule has 0 bridgehead atoms. The van der Waals surface area contributed by atoms with Crippen LogP contribution in [0.1, 0.15) is 31.0 Å². The van der Waals surface area contributed by atoms with Gasteiger partial charge in [0.1, 0.15) is 0 Å². The Labute approximate surface area is 174 Å². The largest absolute Gasteiger partial charge is 0.368 e. The molecule has 0 amide bonds. The van der Waals surface area contributed by atoms with Crippen LogP contribution in [0.3, 0.4) is 0 Å². The van der Waals surface area contributed by atoms with Crippen molar-refractivity contribution in [2.45, 2.75) is 30.3 Å². The predicted molar refractivity (Wildman–Crippen MR) is 111 cm³/mol. The van der Waals surface area contributed by atoms with Gasteiger partial charge in [-0.15, -0.1) is 0 Å². The summed E-state index contributed by atoms with van der Waals surface area (Å²) in [4.78, 5) is 12.7. The van der Waals surface area contributed by atoms with Crippen molar-refractivity contribution >= 4 is 27.6 Å². The van der Waals surface area contributed by atoms with Gasteiger partial charge in [-0.2, -0.15) is 4.31 Å². The molecule has 3 aromatic rings. The molecule has 1 aliphatic heterocycles. The second-order valence-corrected chi connectivity index (χ2v) is 9.31. The van der Waals surface area contributed by atoms with E-state index in [1.165, 1.54) is 16.8 Å². The number of piperidine rings is 1. The lowest BCUT2D eigenvalue weighted by molar-refractivity contribution is 0.251. The van der Waals surface area contributed by atoms with E-state index in [2.05, 4.69) is 15.0 Å². The van der Waals surface area contributed by atoms with Crippen LogP contribution in [0.15, 0.2) is 48.0 Å². The van der Waals surface area contributed by atoms with Gasteiger partial charge in [0.05, 0.1) is 18.1 Å². The summed E-state index contributed by atoms with van der Waals surface area (Å²) in [6, 6.07) is 6.83. The molecular formula is C19H21ClN6O2S. The van der Waals surface area contributed by atoms with Gasteiger partial charge in [-0.1, -0.05) is 30.2 Å². The predicted octanol–water partition coefficient (Wildman–Crippen LogP) is 3.03. The van der Waals surface area contributed by atoms with Crippen molar-refractivity contribution in [3.8, 4) is 11.1 Å². The number of nitrogen functional groups attached to an aromatic ring is 1. The quantitative estimate of drug-likeness (QED) is 0.679. The lowest BCUT2D eigenvalue weighted by atomic mass is 9.95. The Morgan fingerprint density at radius 2 is 1.93 bits per heavy atom. The first-order chi connectivity index (χ1) is 13.9. The topological polar surface area (TPSA) is 107 Å². The number of hydrogen-bond donors (Lipinski definition) is 1. The molecule has 3 heterocycles. The minimum Gasteiger partial charge on any atom is -0.368 e. The van der Waals surface area contributed by atoms with E-state index in [0.29, 0.717) is 23.7 Å². The summed E-state index contributed by atoms with van der Waals surface area (Å²) in [6.45, 7) is 0.396. The zero-order valence-electron chi connectivity index (χ0n) is 15.9. The molecule has 29 heavy (non-hydrogen) atoms. The second-order valence-electron chi connectivity index (χ2n) is 7.04. The summed E-state index contributed by atoms with van der Waals surface area (Å²) in [5.74, 6) is 0.110. The number of rotatable bonds is 4. The number of aryl methyl sites for hydroxylation is 1. The average Bonchev–Trinajstić information content (AvgIpc) is 3.16. The van der Waals surface area contributed by atoms with E-state index in [1.54, 1.807) is 29.9 Å². The van der Waals surface area contributed by atoms with Crippen molar-refractivity contribution in [3.63, 3.8) is 0 Å². The second kappa shape index (κ2) is 7.74. The summed E-state index contributed by atoms with van der Waals surface area (Å²) >= 11 is 6.02. The summed E-state index contributed by atoms with van der Waals surface area (Å²) in [7, 11) is -2.04. The Morgan fingerprint density at radius 3 is 2.62 bits per heavy atom. The highest BCUT2D eigenvalue weighted by molar-refractivity contribution is 7.89. The molecule has 2 aromatic heterocycles. The van der Waals surface area contributed by atoms with E-state index in [1.807, 2.05) is 12.1 Å². The van der Waals surface area contributed by atoms with Gasteiger partial charge in [0.15, 0.2) is 5.03 Å². The van der Waals surface area contributed by atoms with Gasteiger partial charge in [0.2, 0.25) is 5.95 Å². The van der Waals surface area contributed by atoms with Crippen LogP contribution in [-0.4, -0.2) is 38.8 Å². The van der Waals surface area contributed by atoms with Crippen LogP contribution in [0.2, 0.25) is 5.02 Å². The summed E-state index contributed by atoms with van der Waals surface area (Å²) < 4.78 is 29.7. The van der Waals surface area contributed by atoms with Crippen LogP contribution in [-0.2, 0) is 17.1 Å². The zero-order chi connectivity index (χ0) is 20.6. The van der Waals surface area contributed by atoms with Crippen LogP contribution in [0, 0.1) is 0 Å². The van der Waals surface area contributed by atoms with Crippen molar-refractivity contribution < 1.29 is 8.42 Å². The first kappa shape index (κ1) is 19.8. The van der Waals surface area contributed by atoms with Gasteiger partial charge < -0.3 is 10.3 Å². The van der Waals surface area contributed by atoms with E-state index < -0.39 is 16.1 Å². The zero-order valence-corrected chi connectivity index (χ0v) is 17.4. The van der Waals surface area contributed by atoms with Crippen LogP contribution >= 0.6 is 11.6 Å². The summed E-state index contributed by atoms with van der Waals surface area (Å²) in [5.41, 5.74) is 8.07. The first-order valence-corrected chi connectivity index (χ1v) is 11.1. The third-order valence-electron chi connectivity index (χ3n) is 5.02. The number of benzene rings is 1. The van der Waals surface area contributed by atoms with E-state index >= 15 is 0 Å². The highest BCUT2D eigenvalue weighted by Crippen LogP contribution is 2.38. The van der Waals surface area contributed by atoms with Gasteiger partial charge in [-0.3, -0.25) is 0 Å². The van der Waals surface area contributed by atoms with E-state index in [-0.39, 0.29) is 11.0 Å². The maximum absolute atomic E-state index is 13.3. The molecule has 0 radical (unpaired) electrons. The highest BCUT2D eigenvalue weighted by Gasteiger charge is 2.37. The molecular weight excluding hydrogens is 412 g/mol. The third-order valence-corrected chi connectivity index (χ3v) is 7.06. The van der Waals surface area contributed by atoms with Crippen molar-refractivity contribution in [2.75, 3.05) is 12.3 Å². The number of nitrogens with two attached hydrogens (primary N) is 1. The summed E-state index contributed by atoms with van der Waals surface area (Å²) in [5, 5.41) is 0.644. The van der Waals surface area contributed by atoms with Gasteiger partial charge in [-0.25, -0.2) is 23.4 Å². The average molecular weight is 433 g/mol. The van der Waals surface area contributed by atoms with Crippen LogP contribution in [0.25, 0.3) is 11.1 Å². The van der Waals surface area contributed by atoms with Gasteiger partial charge >= 0.3 is 0 Å². The molecule has 4 rings (SSSR count). The van der Waals surface area contributed by atoms with Crippen molar-refractivity contribution in [2.24, 2.45) is 7.05 Å². The van der Waals surface area contributed by atoms with Gasteiger partial charge in [0.25, 0.3) is 10.0 Å². The fraction of sp³-hybridized carbons (Fsp3) is 0.316. The van der Waals surface area contributed by atoms with Crippen molar-refractivity contribution in [1.82, 2.24) is 23.8 Å². The fourth-order valence-electron chi connectivity index (χ4n) is 3.62. The minimum atomic E-state index is -3.78. The van der Waals surface area contributed by atoms with Crippen LogP contribution in [0.4, 0.5) is 5.95 Å². The number of nitrogens with zero attached hydrogens (tertiary/aromatic N) is 5. The molecule has 10 heteroatoms. The molecule has 8 nitrogen and oxygen atoms in total. The van der Waals surface area contributed by atoms with E-state index in [9.17, 15) is 8.42 Å². The maximum Gasteiger partial charge on any atom is 0.262 e. The minimum absolute atomic E-state index is 0.0296. The molecule has 152 valence electrons. The number of imidazole rings is 1. The number of halogens is 1. The SMILES string of the molecule is Cn1cnc(S(=O)(=O)N2CCCC[C@@H]2c2nc(N)ncc2-c2ccc(Cl)cc2)c1. The first-order valence-electron chi connectivity index (χ1n) is 9.24. The lowest BCUT2D eigenvalue weighted by Gasteiger charge is -2.34. The standard InChI is InChI=1S/C19H21ClN6O2S/c1-25-11-17(23-12-25)29(27,28)26-9-3-2-4-16(26)18-15(10-22-19(21)24-18)13-5-7-14(20)8-6-13/h5-8,10-12,16H,2-4,9H2,1H3,(H2,21,22,24)/t16-/m1/s1. The Hall–Kier alpha value is -2.49. The molecule has 2 N–H and O–H groups in total. The summed E-state index contributed by atoms with van der Waals surface area (Å²) in [6.07, 6.45) is 6.94. The Balaban J connectivity index is 1.82. The van der Waals surface area contributed by atoms with Crippen LogP contribution in [0.5, 0.6) is 0 Å². The maximum atomic E-state index is 13.3. The molecule has 1 atom stereocenters. The number of hydrogen-bond acceptors (Lipinski definition) is 6. The molecule has 0 saturated carbocycles. The Bertz CT molecular complexity index is 1130. The Morgan fingerprint density at radius 1 is 1.17 bits per heavy atom. The van der Waals surface area contributed by atoms with Gasteiger partial charge in [-0.05, 0) is 30.5 Å². The van der Waals surface area contributed by atoms with Crippen molar-refractivity contribution in [1.29, 1.82) is 0 Å².